The highest BCUT2D eigenvalue weighted by Crippen LogP contribution is 2.26. The molecule has 0 aromatic rings. The van der Waals surface area contributed by atoms with Gasteiger partial charge in [0.1, 0.15) is 6.61 Å². The van der Waals surface area contributed by atoms with Gasteiger partial charge in [0.15, 0.2) is 11.4 Å². The molecule has 0 aromatic carbocycles. The number of aliphatic hydroxyl groups is 1. The number of allylic oxidation sites excluding steroid dienone is 1. The van der Waals surface area contributed by atoms with Crippen LogP contribution in [0.4, 0.5) is 0 Å². The average molecular weight is 282 g/mol. The summed E-state index contributed by atoms with van der Waals surface area (Å²) in [6.07, 6.45) is 5.07. The Kier molecular flexibility index (Phi) is 5.21. The van der Waals surface area contributed by atoms with Crippen molar-refractivity contribution < 1.29 is 29.3 Å². The van der Waals surface area contributed by atoms with Gasteiger partial charge in [0.05, 0.1) is 11.8 Å². The molecule has 0 aliphatic heterocycles. The largest absolute Gasteiger partial charge is 0.481 e. The molecule has 6 nitrogen and oxygen atoms in total. The Bertz CT molecular complexity index is 449. The summed E-state index contributed by atoms with van der Waals surface area (Å²) in [6, 6.07) is 0. The Morgan fingerprint density at radius 2 is 2.15 bits per heavy atom. The van der Waals surface area contributed by atoms with Crippen molar-refractivity contribution in [3.8, 4) is 0 Å². The monoisotopic (exact) mass is 282 g/mol. The van der Waals surface area contributed by atoms with Crippen LogP contribution in [0.1, 0.15) is 19.8 Å². The molecule has 0 saturated heterocycles. The number of ether oxygens (including phenoxy) is 1. The lowest BCUT2D eigenvalue weighted by molar-refractivity contribution is -0.163. The molecule has 0 radical (unpaired) electrons. The van der Waals surface area contributed by atoms with Gasteiger partial charge in [-0.3, -0.25) is 14.4 Å². The minimum Gasteiger partial charge on any atom is -0.481 e. The molecule has 0 amide bonds. The number of ketones is 1. The van der Waals surface area contributed by atoms with Gasteiger partial charge < -0.3 is 14.9 Å². The number of aliphatic carboxylic acids is 1. The summed E-state index contributed by atoms with van der Waals surface area (Å²) >= 11 is 0. The van der Waals surface area contributed by atoms with E-state index in [4.69, 9.17) is 9.84 Å². The van der Waals surface area contributed by atoms with Crippen LogP contribution in [-0.4, -0.2) is 40.1 Å². The third-order valence-electron chi connectivity index (χ3n) is 3.22. The van der Waals surface area contributed by atoms with Crippen molar-refractivity contribution in [1.82, 2.24) is 0 Å². The van der Waals surface area contributed by atoms with Crippen molar-refractivity contribution in [3.63, 3.8) is 0 Å². The van der Waals surface area contributed by atoms with Crippen LogP contribution < -0.4 is 0 Å². The second kappa shape index (κ2) is 6.47. The van der Waals surface area contributed by atoms with E-state index in [0.29, 0.717) is 12.8 Å². The lowest BCUT2D eigenvalue weighted by atomic mass is 9.84. The molecule has 0 saturated carbocycles. The highest BCUT2D eigenvalue weighted by molar-refractivity contribution is 5.96. The van der Waals surface area contributed by atoms with E-state index in [1.54, 1.807) is 6.08 Å². The molecule has 1 rings (SSSR count). The first-order valence-electron chi connectivity index (χ1n) is 6.25. The molecule has 1 aliphatic rings. The fraction of sp³-hybridized carbons (Fsp3) is 0.500. The van der Waals surface area contributed by atoms with Crippen molar-refractivity contribution in [2.45, 2.75) is 25.4 Å². The standard InChI is InChI=1S/C14H18O6/c1-3-11(15)14(2,19)8-20-13(18)10-7-5-4-6-9(10)12(16)17/h3-4,6,9-10,19H,1,5,7-8H2,2H3,(H,16,17). The number of carbonyl (C=O) groups is 3. The molecule has 0 fully saturated rings. The quantitative estimate of drug-likeness (QED) is 0.422. The molecular formula is C14H18O6. The molecule has 0 heterocycles. The third-order valence-corrected chi connectivity index (χ3v) is 3.22. The predicted molar refractivity (Wildman–Crippen MR) is 69.8 cm³/mol. The smallest absolute Gasteiger partial charge is 0.311 e. The first-order valence-corrected chi connectivity index (χ1v) is 6.25. The average Bonchev–Trinajstić information content (AvgIpc) is 2.43. The number of esters is 1. The molecule has 1 aliphatic carbocycles. The van der Waals surface area contributed by atoms with E-state index in [2.05, 4.69) is 6.58 Å². The van der Waals surface area contributed by atoms with E-state index in [9.17, 15) is 19.5 Å². The van der Waals surface area contributed by atoms with Gasteiger partial charge in [-0.2, -0.15) is 0 Å². The van der Waals surface area contributed by atoms with Crippen LogP contribution in [0.5, 0.6) is 0 Å². The molecule has 0 bridgehead atoms. The SMILES string of the molecule is C=CC(=O)C(C)(O)COC(=O)C1CCC=CC1C(=O)O. The number of carbonyl (C=O) groups excluding carboxylic acids is 2. The van der Waals surface area contributed by atoms with Crippen LogP contribution in [0.15, 0.2) is 24.8 Å². The zero-order valence-electron chi connectivity index (χ0n) is 11.2. The highest BCUT2D eigenvalue weighted by Gasteiger charge is 2.36. The van der Waals surface area contributed by atoms with Crippen LogP contribution >= 0.6 is 0 Å². The zero-order valence-corrected chi connectivity index (χ0v) is 11.2. The van der Waals surface area contributed by atoms with Gasteiger partial charge in [0.25, 0.3) is 0 Å². The van der Waals surface area contributed by atoms with Crippen molar-refractivity contribution in [3.05, 3.63) is 24.8 Å². The fourth-order valence-corrected chi connectivity index (χ4v) is 1.96. The zero-order chi connectivity index (χ0) is 15.3. The Labute approximate surface area is 116 Å². The van der Waals surface area contributed by atoms with Crippen LogP contribution in [-0.2, 0) is 19.1 Å². The lowest BCUT2D eigenvalue weighted by Crippen LogP contribution is -2.41. The molecule has 3 atom stereocenters. The van der Waals surface area contributed by atoms with Gasteiger partial charge in [-0.1, -0.05) is 18.7 Å². The summed E-state index contributed by atoms with van der Waals surface area (Å²) < 4.78 is 4.89. The molecule has 20 heavy (non-hydrogen) atoms. The van der Waals surface area contributed by atoms with Crippen molar-refractivity contribution in [2.75, 3.05) is 6.61 Å². The number of carboxylic acid groups (broad SMARTS) is 1. The summed E-state index contributed by atoms with van der Waals surface area (Å²) in [5.41, 5.74) is -1.85. The maximum Gasteiger partial charge on any atom is 0.311 e. The Morgan fingerprint density at radius 3 is 2.70 bits per heavy atom. The Morgan fingerprint density at radius 1 is 1.50 bits per heavy atom. The summed E-state index contributed by atoms with van der Waals surface area (Å²) in [5.74, 6) is -4.22. The van der Waals surface area contributed by atoms with Crippen molar-refractivity contribution in [1.29, 1.82) is 0 Å². The summed E-state index contributed by atoms with van der Waals surface area (Å²) in [7, 11) is 0. The van der Waals surface area contributed by atoms with Crippen molar-refractivity contribution in [2.24, 2.45) is 11.8 Å². The maximum absolute atomic E-state index is 11.9. The molecular weight excluding hydrogens is 264 g/mol. The first-order chi connectivity index (χ1) is 9.29. The Hall–Kier alpha value is -1.95. The van der Waals surface area contributed by atoms with Crippen LogP contribution in [0, 0.1) is 11.8 Å². The Balaban J connectivity index is 2.67. The highest BCUT2D eigenvalue weighted by atomic mass is 16.5. The summed E-state index contributed by atoms with van der Waals surface area (Å²) in [4.78, 5) is 34.3. The van der Waals surface area contributed by atoms with Gasteiger partial charge in [-0.05, 0) is 25.8 Å². The minimum absolute atomic E-state index is 0.365. The molecule has 2 N–H and O–H groups in total. The maximum atomic E-state index is 11.9. The van der Waals surface area contributed by atoms with Crippen LogP contribution in [0.2, 0.25) is 0 Å². The number of hydrogen-bond donors (Lipinski definition) is 2. The van der Waals surface area contributed by atoms with Crippen LogP contribution in [0.3, 0.4) is 0 Å². The number of rotatable bonds is 6. The third kappa shape index (κ3) is 3.77. The van der Waals surface area contributed by atoms with Gasteiger partial charge in [0.2, 0.25) is 0 Å². The molecule has 6 heteroatoms. The molecule has 110 valence electrons. The fourth-order valence-electron chi connectivity index (χ4n) is 1.96. The second-order valence-corrected chi connectivity index (χ2v) is 4.93. The molecule has 0 aromatic heterocycles. The first kappa shape index (κ1) is 16.1. The van der Waals surface area contributed by atoms with Gasteiger partial charge in [0, 0.05) is 0 Å². The number of carboxylic acids is 1. The summed E-state index contributed by atoms with van der Waals surface area (Å²) in [6.45, 7) is 3.93. The van der Waals surface area contributed by atoms with E-state index < -0.39 is 41.8 Å². The summed E-state index contributed by atoms with van der Waals surface area (Å²) in [5, 5.41) is 18.8. The van der Waals surface area contributed by atoms with E-state index in [1.807, 2.05) is 0 Å². The van der Waals surface area contributed by atoms with Gasteiger partial charge in [-0.25, -0.2) is 0 Å². The normalized spacial score (nSPS) is 24.5. The second-order valence-electron chi connectivity index (χ2n) is 4.93. The van der Waals surface area contributed by atoms with Crippen molar-refractivity contribution >= 4 is 17.7 Å². The van der Waals surface area contributed by atoms with Gasteiger partial charge in [-0.15, -0.1) is 0 Å². The topological polar surface area (TPSA) is 101 Å². The molecule has 0 spiro atoms. The van der Waals surface area contributed by atoms with E-state index in [1.165, 1.54) is 13.0 Å². The predicted octanol–water partition coefficient (Wildman–Crippen LogP) is 0.703. The van der Waals surface area contributed by atoms with E-state index in [0.717, 1.165) is 6.08 Å². The van der Waals surface area contributed by atoms with E-state index in [-0.39, 0.29) is 0 Å². The molecule has 3 unspecified atom stereocenters. The van der Waals surface area contributed by atoms with Gasteiger partial charge >= 0.3 is 11.9 Å². The van der Waals surface area contributed by atoms with Crippen LogP contribution in [0.25, 0.3) is 0 Å². The number of hydrogen-bond acceptors (Lipinski definition) is 5. The lowest BCUT2D eigenvalue weighted by Gasteiger charge is -2.25. The van der Waals surface area contributed by atoms with E-state index >= 15 is 0 Å². The minimum atomic E-state index is -1.85.